The van der Waals surface area contributed by atoms with Crippen LogP contribution in [-0.2, 0) is 6.54 Å². The first kappa shape index (κ1) is 13.3. The van der Waals surface area contributed by atoms with Crippen molar-refractivity contribution in [1.29, 1.82) is 0 Å². The molecule has 5 heteroatoms. The number of nitrogens with zero attached hydrogens (tertiary/aromatic N) is 2. The summed E-state index contributed by atoms with van der Waals surface area (Å²) in [5, 5.41) is 11.7. The largest absolute Gasteiger partial charge is 0.341 e. The number of aromatic nitrogens is 1. The van der Waals surface area contributed by atoms with Gasteiger partial charge in [-0.3, -0.25) is 10.1 Å². The Morgan fingerprint density at radius 2 is 2.00 bits per heavy atom. The minimum absolute atomic E-state index is 0.0570. The molecule has 21 heavy (non-hydrogen) atoms. The Balaban J connectivity index is 2.25. The van der Waals surface area contributed by atoms with Gasteiger partial charge in [-0.1, -0.05) is 12.1 Å². The van der Waals surface area contributed by atoms with Gasteiger partial charge in [0.1, 0.15) is 5.82 Å². The van der Waals surface area contributed by atoms with Crippen LogP contribution in [0.15, 0.2) is 48.5 Å². The molecule has 0 saturated carbocycles. The van der Waals surface area contributed by atoms with Crippen LogP contribution in [0.2, 0.25) is 0 Å². The first-order valence-electron chi connectivity index (χ1n) is 6.64. The van der Waals surface area contributed by atoms with E-state index in [1.165, 1.54) is 18.2 Å². The molecule has 3 aromatic rings. The molecule has 0 spiro atoms. The summed E-state index contributed by atoms with van der Waals surface area (Å²) in [7, 11) is 0. The molecule has 0 unspecified atom stereocenters. The number of fused-ring (bicyclic) bond motifs is 1. The van der Waals surface area contributed by atoms with Crippen molar-refractivity contribution in [2.75, 3.05) is 0 Å². The second-order valence-corrected chi connectivity index (χ2v) is 4.78. The lowest BCUT2D eigenvalue weighted by molar-refractivity contribution is -0.384. The Morgan fingerprint density at radius 3 is 2.67 bits per heavy atom. The first-order valence-corrected chi connectivity index (χ1v) is 6.64. The van der Waals surface area contributed by atoms with Crippen LogP contribution in [0.4, 0.5) is 10.1 Å². The molecule has 0 N–H and O–H groups in total. The third-order valence-electron chi connectivity index (χ3n) is 3.53. The summed E-state index contributed by atoms with van der Waals surface area (Å²) in [6.45, 7) is 2.69. The Kier molecular flexibility index (Phi) is 3.17. The first-order chi connectivity index (χ1) is 10.1. The molecule has 0 radical (unpaired) electrons. The number of benzene rings is 2. The van der Waals surface area contributed by atoms with Crippen molar-refractivity contribution >= 4 is 16.6 Å². The van der Waals surface area contributed by atoms with Crippen LogP contribution in [0, 0.1) is 15.9 Å². The van der Waals surface area contributed by atoms with E-state index in [-0.39, 0.29) is 11.5 Å². The van der Waals surface area contributed by atoms with Gasteiger partial charge in [0.2, 0.25) is 0 Å². The van der Waals surface area contributed by atoms with Crippen molar-refractivity contribution in [2.24, 2.45) is 0 Å². The van der Waals surface area contributed by atoms with Crippen LogP contribution in [-0.4, -0.2) is 9.49 Å². The normalized spacial score (nSPS) is 11.0. The molecule has 1 heterocycles. The number of nitro benzene ring substituents is 1. The smallest absolute Gasteiger partial charge is 0.270 e. The fraction of sp³-hybridized carbons (Fsp3) is 0.125. The summed E-state index contributed by atoms with van der Waals surface area (Å²) >= 11 is 0. The predicted molar refractivity (Wildman–Crippen MR) is 79.7 cm³/mol. The average molecular weight is 284 g/mol. The van der Waals surface area contributed by atoms with Gasteiger partial charge in [0, 0.05) is 40.8 Å². The fourth-order valence-electron chi connectivity index (χ4n) is 2.60. The zero-order valence-electron chi connectivity index (χ0n) is 11.4. The number of nitro groups is 1. The quantitative estimate of drug-likeness (QED) is 0.529. The van der Waals surface area contributed by atoms with Gasteiger partial charge in [0.25, 0.3) is 5.69 Å². The van der Waals surface area contributed by atoms with Gasteiger partial charge in [-0.15, -0.1) is 0 Å². The lowest BCUT2D eigenvalue weighted by atomic mass is 10.1. The molecule has 0 aliphatic rings. The molecule has 0 saturated heterocycles. The van der Waals surface area contributed by atoms with Crippen molar-refractivity contribution in [2.45, 2.75) is 13.5 Å². The molecule has 106 valence electrons. The number of hydrogen-bond acceptors (Lipinski definition) is 2. The van der Waals surface area contributed by atoms with Gasteiger partial charge in [0.15, 0.2) is 0 Å². The summed E-state index contributed by atoms with van der Waals surface area (Å²) in [6.07, 6.45) is 0. The monoisotopic (exact) mass is 284 g/mol. The van der Waals surface area contributed by atoms with Crippen molar-refractivity contribution in [3.8, 4) is 11.3 Å². The highest BCUT2D eigenvalue weighted by atomic mass is 19.1. The molecule has 0 amide bonds. The number of halogens is 1. The van der Waals surface area contributed by atoms with E-state index < -0.39 is 4.92 Å². The van der Waals surface area contributed by atoms with E-state index in [1.807, 2.05) is 23.6 Å². The number of non-ortho nitro benzene ring substituents is 1. The Morgan fingerprint density at radius 1 is 1.19 bits per heavy atom. The minimum atomic E-state index is -0.412. The van der Waals surface area contributed by atoms with E-state index >= 15 is 0 Å². The maximum absolute atomic E-state index is 13.4. The second kappa shape index (κ2) is 5.01. The van der Waals surface area contributed by atoms with Gasteiger partial charge in [-0.2, -0.15) is 0 Å². The number of hydrogen-bond donors (Lipinski definition) is 0. The van der Waals surface area contributed by atoms with Crippen LogP contribution in [0.5, 0.6) is 0 Å². The summed E-state index contributed by atoms with van der Waals surface area (Å²) in [4.78, 5) is 10.5. The highest BCUT2D eigenvalue weighted by Gasteiger charge is 2.13. The van der Waals surface area contributed by atoms with Crippen LogP contribution in [0.3, 0.4) is 0 Å². The maximum atomic E-state index is 13.4. The number of rotatable bonds is 3. The zero-order valence-corrected chi connectivity index (χ0v) is 11.4. The van der Waals surface area contributed by atoms with E-state index in [2.05, 4.69) is 0 Å². The summed E-state index contributed by atoms with van der Waals surface area (Å²) in [6, 6.07) is 13.0. The van der Waals surface area contributed by atoms with Crippen molar-refractivity contribution in [3.63, 3.8) is 0 Å². The third kappa shape index (κ3) is 2.27. The van der Waals surface area contributed by atoms with Crippen molar-refractivity contribution in [3.05, 3.63) is 64.5 Å². The third-order valence-corrected chi connectivity index (χ3v) is 3.53. The van der Waals surface area contributed by atoms with Gasteiger partial charge >= 0.3 is 0 Å². The SMILES string of the molecule is CCn1c(-c2cccc(F)c2)cc2cc([N+](=O)[O-])ccc21. The summed E-state index contributed by atoms with van der Waals surface area (Å²) < 4.78 is 15.4. The predicted octanol–water partition coefficient (Wildman–Crippen LogP) is 4.38. The zero-order chi connectivity index (χ0) is 15.0. The van der Waals surface area contributed by atoms with Crippen molar-refractivity contribution in [1.82, 2.24) is 4.57 Å². The fourth-order valence-corrected chi connectivity index (χ4v) is 2.60. The Bertz CT molecular complexity index is 839. The molecule has 4 nitrogen and oxygen atoms in total. The van der Waals surface area contributed by atoms with Gasteiger partial charge < -0.3 is 4.57 Å². The Labute approximate surface area is 120 Å². The minimum Gasteiger partial charge on any atom is -0.341 e. The summed E-state index contributed by atoms with van der Waals surface area (Å²) in [5.74, 6) is -0.300. The lowest BCUT2D eigenvalue weighted by Gasteiger charge is -2.08. The molecular formula is C16H13FN2O2. The van der Waals surface area contributed by atoms with Crippen LogP contribution >= 0.6 is 0 Å². The molecule has 0 fully saturated rings. The second-order valence-electron chi connectivity index (χ2n) is 4.78. The molecule has 1 aromatic heterocycles. The molecule has 0 bridgehead atoms. The topological polar surface area (TPSA) is 48.1 Å². The van der Waals surface area contributed by atoms with Crippen molar-refractivity contribution < 1.29 is 9.31 Å². The van der Waals surface area contributed by atoms with E-state index in [9.17, 15) is 14.5 Å². The highest BCUT2D eigenvalue weighted by Crippen LogP contribution is 2.30. The van der Waals surface area contributed by atoms with Gasteiger partial charge in [-0.25, -0.2) is 4.39 Å². The van der Waals surface area contributed by atoms with E-state index in [0.29, 0.717) is 6.54 Å². The van der Waals surface area contributed by atoms with Crippen LogP contribution < -0.4 is 0 Å². The maximum Gasteiger partial charge on any atom is 0.270 e. The average Bonchev–Trinajstić information content (AvgIpc) is 2.84. The molecule has 0 aliphatic carbocycles. The number of aryl methyl sites for hydroxylation is 1. The Hall–Kier alpha value is -2.69. The molecule has 2 aromatic carbocycles. The highest BCUT2D eigenvalue weighted by molar-refractivity contribution is 5.88. The molecular weight excluding hydrogens is 271 g/mol. The van der Waals surface area contributed by atoms with E-state index in [1.54, 1.807) is 18.2 Å². The summed E-state index contributed by atoms with van der Waals surface area (Å²) in [5.41, 5.74) is 2.58. The molecule has 3 rings (SSSR count). The van der Waals surface area contributed by atoms with Gasteiger partial charge in [-0.05, 0) is 31.2 Å². The molecule has 0 aliphatic heterocycles. The molecule has 0 atom stereocenters. The van der Waals surface area contributed by atoms with Crippen LogP contribution in [0.25, 0.3) is 22.2 Å². The van der Waals surface area contributed by atoms with E-state index in [4.69, 9.17) is 0 Å². The van der Waals surface area contributed by atoms with E-state index in [0.717, 1.165) is 22.2 Å². The van der Waals surface area contributed by atoms with Crippen LogP contribution in [0.1, 0.15) is 6.92 Å². The lowest BCUT2D eigenvalue weighted by Crippen LogP contribution is -1.96. The van der Waals surface area contributed by atoms with Gasteiger partial charge in [0.05, 0.1) is 4.92 Å². The standard InChI is InChI=1S/C16H13FN2O2/c1-2-18-15-7-6-14(19(20)21)9-12(15)10-16(18)11-4-3-5-13(17)8-11/h3-10H,2H2,1H3.